The average molecular weight is 894 g/mol. The standard InChI is InChI=1S/C44H47N9O10S/c1-3-64(58,59)49-28-12-13-38(34(23-28)35-26-51(2)44(57)40-32(35)14-16-46-40)63-31-8-4-7-30(24-31)62-27-29-25-52(50-48-29)18-20-61-22-21-60-19-17-45-36-10-5-9-33-39(36)43(56)53(42(33)55)37-11-6-15-47-41(37)54/h4-5,7-10,12-14,16,23-26,37,45-46,49H,3,6,11,15,17-22,27H2,1-2H3,(H,47,54). The molecular weight excluding hydrogens is 847 g/mol. The molecule has 1 fully saturated rings. The van der Waals surface area contributed by atoms with Crippen molar-refractivity contribution in [3.8, 4) is 28.4 Å². The number of pyridine rings is 1. The molecule has 8 rings (SSSR count). The van der Waals surface area contributed by atoms with Crippen molar-refractivity contribution in [1.82, 2.24) is 34.8 Å². The molecule has 2 aliphatic heterocycles. The van der Waals surface area contributed by atoms with Gasteiger partial charge in [0.2, 0.25) is 15.9 Å². The molecule has 334 valence electrons. The molecule has 1 atom stereocenters. The number of anilines is 2. The summed E-state index contributed by atoms with van der Waals surface area (Å²) < 4.78 is 54.4. The third-order valence-electron chi connectivity index (χ3n) is 10.7. The third-order valence-corrected chi connectivity index (χ3v) is 12.0. The Morgan fingerprint density at radius 2 is 1.69 bits per heavy atom. The topological polar surface area (TPSA) is 230 Å². The first-order valence-electron chi connectivity index (χ1n) is 20.8. The summed E-state index contributed by atoms with van der Waals surface area (Å²) in [5.41, 5.74) is 3.46. The highest BCUT2D eigenvalue weighted by Crippen LogP contribution is 2.39. The number of aromatic amines is 1. The van der Waals surface area contributed by atoms with E-state index in [1.807, 2.05) is 0 Å². The maximum atomic E-state index is 13.3. The second kappa shape index (κ2) is 19.2. The SMILES string of the molecule is CCS(=O)(=O)Nc1ccc(Oc2cccc(OCc3cn(CCOCCOCCNc4cccc5c4C(=O)N(C4CCCNC4=O)C5=O)nn3)c2)c(-c2cn(C)c(=O)c3[nH]ccc23)c1. The molecule has 1 unspecified atom stereocenters. The minimum atomic E-state index is -3.56. The number of hydrogen-bond donors (Lipinski definition) is 4. The van der Waals surface area contributed by atoms with Crippen LogP contribution in [-0.4, -0.2) is 107 Å². The molecular formula is C44H47N9O10S. The first-order chi connectivity index (χ1) is 31.0. The van der Waals surface area contributed by atoms with Crippen molar-refractivity contribution < 1.29 is 41.7 Å². The lowest BCUT2D eigenvalue weighted by Crippen LogP contribution is -2.52. The first-order valence-corrected chi connectivity index (χ1v) is 22.4. The van der Waals surface area contributed by atoms with E-state index in [0.29, 0.717) is 115 Å². The van der Waals surface area contributed by atoms with Crippen molar-refractivity contribution in [2.75, 3.05) is 55.3 Å². The maximum Gasteiger partial charge on any atom is 0.274 e. The van der Waals surface area contributed by atoms with E-state index in [1.54, 1.807) is 104 Å². The van der Waals surface area contributed by atoms with Crippen LogP contribution in [0, 0.1) is 0 Å². The molecule has 3 aromatic carbocycles. The third kappa shape index (κ3) is 9.63. The molecule has 3 aromatic heterocycles. The second-order valence-electron chi connectivity index (χ2n) is 15.1. The highest BCUT2D eigenvalue weighted by molar-refractivity contribution is 7.92. The normalized spacial score (nSPS) is 15.1. The van der Waals surface area contributed by atoms with Crippen LogP contribution < -0.4 is 30.4 Å². The molecule has 20 heteroatoms. The molecule has 0 saturated carbocycles. The minimum absolute atomic E-state index is 0.0978. The van der Waals surface area contributed by atoms with E-state index < -0.39 is 27.9 Å². The monoisotopic (exact) mass is 893 g/mol. The molecule has 6 aromatic rings. The number of aryl methyl sites for hydroxylation is 1. The van der Waals surface area contributed by atoms with Gasteiger partial charge in [0.15, 0.2) is 0 Å². The van der Waals surface area contributed by atoms with Crippen molar-refractivity contribution in [3.05, 3.63) is 112 Å². The predicted octanol–water partition coefficient (Wildman–Crippen LogP) is 4.28. The highest BCUT2D eigenvalue weighted by atomic mass is 32.2. The number of carbonyl (C=O) groups excluding carboxylic acids is 3. The zero-order valence-corrected chi connectivity index (χ0v) is 36.0. The van der Waals surface area contributed by atoms with Crippen molar-refractivity contribution >= 4 is 50.0 Å². The molecule has 0 radical (unpaired) electrons. The number of sulfonamides is 1. The summed E-state index contributed by atoms with van der Waals surface area (Å²) in [6.07, 6.45) is 6.28. The Balaban J connectivity index is 0.787. The van der Waals surface area contributed by atoms with Gasteiger partial charge in [-0.15, -0.1) is 5.10 Å². The van der Waals surface area contributed by atoms with Crippen LogP contribution in [0.25, 0.3) is 22.0 Å². The number of rotatable bonds is 20. The van der Waals surface area contributed by atoms with E-state index in [-0.39, 0.29) is 35.0 Å². The number of hydrogen-bond acceptors (Lipinski definition) is 13. The van der Waals surface area contributed by atoms with Crippen LogP contribution >= 0.6 is 0 Å². The Morgan fingerprint density at radius 3 is 2.52 bits per heavy atom. The minimum Gasteiger partial charge on any atom is -0.487 e. The molecule has 4 N–H and O–H groups in total. The van der Waals surface area contributed by atoms with E-state index in [9.17, 15) is 27.6 Å². The van der Waals surface area contributed by atoms with Gasteiger partial charge >= 0.3 is 0 Å². The lowest BCUT2D eigenvalue weighted by molar-refractivity contribution is -0.126. The molecule has 0 aliphatic carbocycles. The van der Waals surface area contributed by atoms with Gasteiger partial charge in [0.25, 0.3) is 17.4 Å². The van der Waals surface area contributed by atoms with E-state index in [2.05, 4.69) is 30.7 Å². The summed E-state index contributed by atoms with van der Waals surface area (Å²) in [6, 6.07) is 18.1. The number of aromatic nitrogens is 5. The van der Waals surface area contributed by atoms with Gasteiger partial charge < -0.3 is 39.1 Å². The van der Waals surface area contributed by atoms with Gasteiger partial charge in [-0.1, -0.05) is 17.3 Å². The number of ether oxygens (including phenoxy) is 4. The lowest BCUT2D eigenvalue weighted by Gasteiger charge is -2.28. The van der Waals surface area contributed by atoms with Crippen molar-refractivity contribution in [1.29, 1.82) is 0 Å². The largest absolute Gasteiger partial charge is 0.487 e. The van der Waals surface area contributed by atoms with E-state index in [4.69, 9.17) is 18.9 Å². The van der Waals surface area contributed by atoms with E-state index in [0.717, 1.165) is 4.90 Å². The van der Waals surface area contributed by atoms with Gasteiger partial charge in [-0.25, -0.2) is 13.1 Å². The number of amides is 3. The number of benzene rings is 3. The van der Waals surface area contributed by atoms with Crippen molar-refractivity contribution in [2.24, 2.45) is 7.05 Å². The highest BCUT2D eigenvalue weighted by Gasteiger charge is 2.44. The van der Waals surface area contributed by atoms with Crippen LogP contribution in [0.4, 0.5) is 11.4 Å². The van der Waals surface area contributed by atoms with Crippen LogP contribution in [0.3, 0.4) is 0 Å². The summed E-state index contributed by atoms with van der Waals surface area (Å²) in [5.74, 6) is 0.0695. The van der Waals surface area contributed by atoms with Gasteiger partial charge in [-0.2, -0.15) is 0 Å². The number of fused-ring (bicyclic) bond motifs is 2. The smallest absolute Gasteiger partial charge is 0.274 e. The molecule has 1 saturated heterocycles. The van der Waals surface area contributed by atoms with Crippen LogP contribution in [0.2, 0.25) is 0 Å². The van der Waals surface area contributed by atoms with E-state index in [1.165, 1.54) is 4.57 Å². The molecule has 2 aliphatic rings. The Morgan fingerprint density at radius 1 is 0.875 bits per heavy atom. The quantitative estimate of drug-likeness (QED) is 0.0621. The van der Waals surface area contributed by atoms with Gasteiger partial charge in [-0.05, 0) is 68.3 Å². The Kier molecular flexibility index (Phi) is 13.1. The fourth-order valence-electron chi connectivity index (χ4n) is 7.53. The molecule has 19 nitrogen and oxygen atoms in total. The number of nitrogens with one attached hydrogen (secondary N) is 4. The van der Waals surface area contributed by atoms with Crippen molar-refractivity contribution in [3.63, 3.8) is 0 Å². The molecule has 0 spiro atoms. The zero-order chi connectivity index (χ0) is 44.8. The number of piperidine rings is 1. The molecule has 0 bridgehead atoms. The summed E-state index contributed by atoms with van der Waals surface area (Å²) >= 11 is 0. The summed E-state index contributed by atoms with van der Waals surface area (Å²) in [4.78, 5) is 55.6. The Bertz CT molecular complexity index is 2870. The van der Waals surface area contributed by atoms with Gasteiger partial charge in [-0.3, -0.25) is 28.8 Å². The van der Waals surface area contributed by atoms with E-state index >= 15 is 0 Å². The first kappa shape index (κ1) is 43.6. The molecule has 64 heavy (non-hydrogen) atoms. The maximum absolute atomic E-state index is 13.3. The lowest BCUT2D eigenvalue weighted by atomic mass is 10.0. The fraction of sp³-hybridized carbons (Fsp3) is 0.318. The fourth-order valence-corrected chi connectivity index (χ4v) is 8.16. The van der Waals surface area contributed by atoms with Crippen LogP contribution in [-0.2, 0) is 44.5 Å². The van der Waals surface area contributed by atoms with Crippen LogP contribution in [0.5, 0.6) is 17.2 Å². The average Bonchev–Trinajstić information content (AvgIpc) is 4.03. The van der Waals surface area contributed by atoms with Crippen molar-refractivity contribution in [2.45, 2.75) is 39.0 Å². The van der Waals surface area contributed by atoms with Gasteiger partial charge in [0.05, 0.1) is 56.0 Å². The number of nitrogens with zero attached hydrogens (tertiary/aromatic N) is 5. The summed E-state index contributed by atoms with van der Waals surface area (Å²) in [7, 11) is -1.91. The number of imide groups is 1. The predicted molar refractivity (Wildman–Crippen MR) is 236 cm³/mol. The molecule has 3 amide bonds. The Labute approximate surface area is 367 Å². The van der Waals surface area contributed by atoms with Crippen LogP contribution in [0.15, 0.2) is 90.1 Å². The number of carbonyl (C=O) groups is 3. The van der Waals surface area contributed by atoms with Crippen LogP contribution in [0.1, 0.15) is 46.2 Å². The molecule has 5 heterocycles. The second-order valence-corrected chi connectivity index (χ2v) is 17.1. The Hall–Kier alpha value is -7.03. The summed E-state index contributed by atoms with van der Waals surface area (Å²) in [6.45, 7) is 4.46. The van der Waals surface area contributed by atoms with Gasteiger partial charge in [0, 0.05) is 66.5 Å². The number of H-pyrrole nitrogens is 1. The van der Waals surface area contributed by atoms with Gasteiger partial charge in [0.1, 0.15) is 41.1 Å². The summed E-state index contributed by atoms with van der Waals surface area (Å²) in [5, 5.41) is 15.0. The zero-order valence-electron chi connectivity index (χ0n) is 35.2.